The van der Waals surface area contributed by atoms with Crippen LogP contribution in [0.4, 0.5) is 10.5 Å². The fourth-order valence-electron chi connectivity index (χ4n) is 2.84. The Morgan fingerprint density at radius 1 is 1.08 bits per heavy atom. The second-order valence-corrected chi connectivity index (χ2v) is 6.66. The van der Waals surface area contributed by atoms with Gasteiger partial charge in [0.05, 0.1) is 17.9 Å². The van der Waals surface area contributed by atoms with Gasteiger partial charge in [0.25, 0.3) is 0 Å². The van der Waals surface area contributed by atoms with E-state index in [9.17, 15) is 4.79 Å². The second-order valence-electron chi connectivity index (χ2n) is 5.88. The van der Waals surface area contributed by atoms with Crippen LogP contribution in [0.2, 0.25) is 0 Å². The molecule has 4 rings (SSSR count). The van der Waals surface area contributed by atoms with Gasteiger partial charge in [-0.25, -0.2) is 4.79 Å². The van der Waals surface area contributed by atoms with Gasteiger partial charge in [0, 0.05) is 29.1 Å². The van der Waals surface area contributed by atoms with Gasteiger partial charge in [-0.05, 0) is 29.0 Å². The van der Waals surface area contributed by atoms with Gasteiger partial charge in [-0.3, -0.25) is 4.68 Å². The molecule has 0 atom stereocenters. The molecule has 0 radical (unpaired) electrons. The number of anilines is 1. The first-order chi connectivity index (χ1) is 12.8. The topological polar surface area (TPSA) is 59.0 Å². The van der Waals surface area contributed by atoms with Crippen molar-refractivity contribution in [2.24, 2.45) is 0 Å². The van der Waals surface area contributed by atoms with Crippen LogP contribution < -0.4 is 10.6 Å². The zero-order valence-corrected chi connectivity index (χ0v) is 14.9. The molecule has 2 aromatic carbocycles. The summed E-state index contributed by atoms with van der Waals surface area (Å²) in [6.07, 6.45) is 1.93. The lowest BCUT2D eigenvalue weighted by atomic mass is 10.1. The quantitative estimate of drug-likeness (QED) is 0.546. The Morgan fingerprint density at radius 3 is 2.85 bits per heavy atom. The molecule has 0 unspecified atom stereocenters. The molecule has 130 valence electrons. The highest BCUT2D eigenvalue weighted by Gasteiger charge is 2.06. The van der Waals surface area contributed by atoms with Gasteiger partial charge in [0.1, 0.15) is 0 Å². The number of carbonyl (C=O) groups is 1. The summed E-state index contributed by atoms with van der Waals surface area (Å²) in [6, 6.07) is 17.7. The zero-order valence-electron chi connectivity index (χ0n) is 14.1. The molecule has 2 aromatic heterocycles. The summed E-state index contributed by atoms with van der Waals surface area (Å²) >= 11 is 1.65. The van der Waals surface area contributed by atoms with Crippen molar-refractivity contribution >= 4 is 33.8 Å². The summed E-state index contributed by atoms with van der Waals surface area (Å²) in [6.45, 7) is 1.12. The predicted molar refractivity (Wildman–Crippen MR) is 107 cm³/mol. The van der Waals surface area contributed by atoms with E-state index in [1.165, 1.54) is 0 Å². The number of hydrogen-bond donors (Lipinski definition) is 2. The van der Waals surface area contributed by atoms with Gasteiger partial charge in [-0.15, -0.1) is 0 Å². The van der Waals surface area contributed by atoms with E-state index in [1.54, 1.807) is 11.3 Å². The van der Waals surface area contributed by atoms with E-state index < -0.39 is 0 Å². The molecule has 0 spiro atoms. The number of nitrogens with one attached hydrogen (secondary N) is 2. The average molecular weight is 362 g/mol. The maximum atomic E-state index is 12.2. The third-order valence-corrected chi connectivity index (χ3v) is 4.81. The van der Waals surface area contributed by atoms with Crippen LogP contribution in [0, 0.1) is 0 Å². The van der Waals surface area contributed by atoms with Crippen LogP contribution >= 0.6 is 11.3 Å². The zero-order chi connectivity index (χ0) is 17.8. The van der Waals surface area contributed by atoms with E-state index in [1.807, 2.05) is 70.9 Å². The Kier molecular flexibility index (Phi) is 4.66. The Bertz CT molecular complexity index is 1020. The molecular weight excluding hydrogens is 344 g/mol. The van der Waals surface area contributed by atoms with E-state index in [4.69, 9.17) is 0 Å². The van der Waals surface area contributed by atoms with Crippen molar-refractivity contribution in [1.29, 1.82) is 0 Å². The number of aromatic nitrogens is 2. The lowest BCUT2D eigenvalue weighted by molar-refractivity contribution is 0.251. The SMILES string of the molecule is O=C(NCCn1ccc(-c2ccsc2)n1)Nc1cccc2ccccc12. The Labute approximate surface area is 155 Å². The maximum Gasteiger partial charge on any atom is 0.319 e. The third kappa shape index (κ3) is 3.60. The molecule has 0 fully saturated rings. The van der Waals surface area contributed by atoms with Gasteiger partial charge in [-0.1, -0.05) is 36.4 Å². The van der Waals surface area contributed by atoms with Gasteiger partial charge >= 0.3 is 6.03 Å². The number of rotatable bonds is 5. The fraction of sp³-hybridized carbons (Fsp3) is 0.100. The molecule has 0 bridgehead atoms. The van der Waals surface area contributed by atoms with E-state index in [-0.39, 0.29) is 6.03 Å². The number of amides is 2. The number of nitrogens with zero attached hydrogens (tertiary/aromatic N) is 2. The number of carbonyl (C=O) groups excluding carboxylic acids is 1. The molecule has 0 saturated carbocycles. The first-order valence-electron chi connectivity index (χ1n) is 8.38. The molecule has 4 aromatic rings. The molecule has 2 amide bonds. The number of urea groups is 1. The van der Waals surface area contributed by atoms with E-state index in [0.717, 1.165) is 27.7 Å². The first-order valence-corrected chi connectivity index (χ1v) is 9.32. The van der Waals surface area contributed by atoms with Crippen molar-refractivity contribution in [3.63, 3.8) is 0 Å². The van der Waals surface area contributed by atoms with Crippen LogP contribution in [0.25, 0.3) is 22.0 Å². The normalized spacial score (nSPS) is 10.8. The van der Waals surface area contributed by atoms with E-state index in [0.29, 0.717) is 13.1 Å². The van der Waals surface area contributed by atoms with Gasteiger partial charge in [0.15, 0.2) is 0 Å². The predicted octanol–water partition coefficient (Wildman–Crippen LogP) is 4.59. The number of thiophene rings is 1. The van der Waals surface area contributed by atoms with Crippen LogP contribution in [-0.2, 0) is 6.54 Å². The highest BCUT2D eigenvalue weighted by atomic mass is 32.1. The average Bonchev–Trinajstić information content (AvgIpc) is 3.34. The minimum Gasteiger partial charge on any atom is -0.336 e. The molecule has 0 aliphatic carbocycles. The molecule has 0 aliphatic rings. The highest BCUT2D eigenvalue weighted by Crippen LogP contribution is 2.22. The van der Waals surface area contributed by atoms with Crippen molar-refractivity contribution in [2.75, 3.05) is 11.9 Å². The lowest BCUT2D eigenvalue weighted by Gasteiger charge is -2.10. The van der Waals surface area contributed by atoms with Crippen molar-refractivity contribution in [1.82, 2.24) is 15.1 Å². The Morgan fingerprint density at radius 2 is 1.96 bits per heavy atom. The minimum atomic E-state index is -0.216. The standard InChI is InChI=1S/C20H18N4OS/c25-20(22-19-7-3-5-15-4-1-2-6-17(15)19)21-10-12-24-11-8-18(23-24)16-9-13-26-14-16/h1-9,11,13-14H,10,12H2,(H2,21,22,25). The smallest absolute Gasteiger partial charge is 0.319 e. The van der Waals surface area contributed by atoms with Crippen LogP contribution in [-0.4, -0.2) is 22.4 Å². The third-order valence-electron chi connectivity index (χ3n) is 4.12. The second kappa shape index (κ2) is 7.41. The van der Waals surface area contributed by atoms with Crippen molar-refractivity contribution in [2.45, 2.75) is 6.54 Å². The van der Waals surface area contributed by atoms with Gasteiger partial charge in [-0.2, -0.15) is 16.4 Å². The van der Waals surface area contributed by atoms with Crippen molar-refractivity contribution in [3.05, 3.63) is 71.6 Å². The molecule has 2 N–H and O–H groups in total. The largest absolute Gasteiger partial charge is 0.336 e. The van der Waals surface area contributed by atoms with Crippen LogP contribution in [0.1, 0.15) is 0 Å². The molecule has 26 heavy (non-hydrogen) atoms. The number of fused-ring (bicyclic) bond motifs is 1. The summed E-state index contributed by atoms with van der Waals surface area (Å²) in [4.78, 5) is 12.2. The Balaban J connectivity index is 1.33. The van der Waals surface area contributed by atoms with Gasteiger partial charge < -0.3 is 10.6 Å². The Hall–Kier alpha value is -3.12. The number of hydrogen-bond acceptors (Lipinski definition) is 3. The molecule has 6 heteroatoms. The van der Waals surface area contributed by atoms with E-state index >= 15 is 0 Å². The molecular formula is C20H18N4OS. The fourth-order valence-corrected chi connectivity index (χ4v) is 3.48. The van der Waals surface area contributed by atoms with Crippen molar-refractivity contribution in [3.8, 4) is 11.3 Å². The summed E-state index contributed by atoms with van der Waals surface area (Å²) < 4.78 is 1.84. The maximum absolute atomic E-state index is 12.2. The highest BCUT2D eigenvalue weighted by molar-refractivity contribution is 7.08. The molecule has 5 nitrogen and oxygen atoms in total. The van der Waals surface area contributed by atoms with Gasteiger partial charge in [0.2, 0.25) is 0 Å². The van der Waals surface area contributed by atoms with Crippen LogP contribution in [0.15, 0.2) is 71.6 Å². The lowest BCUT2D eigenvalue weighted by Crippen LogP contribution is -2.31. The summed E-state index contributed by atoms with van der Waals surface area (Å²) in [7, 11) is 0. The summed E-state index contributed by atoms with van der Waals surface area (Å²) in [5.41, 5.74) is 2.88. The first kappa shape index (κ1) is 16.4. The monoisotopic (exact) mass is 362 g/mol. The molecule has 0 saturated heterocycles. The molecule has 2 heterocycles. The summed E-state index contributed by atoms with van der Waals surface area (Å²) in [5, 5.41) is 16.6. The number of benzene rings is 2. The van der Waals surface area contributed by atoms with Crippen LogP contribution in [0.3, 0.4) is 0 Å². The minimum absolute atomic E-state index is 0.216. The van der Waals surface area contributed by atoms with Crippen molar-refractivity contribution < 1.29 is 4.79 Å². The molecule has 0 aliphatic heterocycles. The van der Waals surface area contributed by atoms with E-state index in [2.05, 4.69) is 21.1 Å². The summed E-state index contributed by atoms with van der Waals surface area (Å²) in [5.74, 6) is 0. The van der Waals surface area contributed by atoms with Crippen LogP contribution in [0.5, 0.6) is 0 Å².